The Labute approximate surface area is 95.1 Å². The topological polar surface area (TPSA) is 37.4 Å². The molecule has 0 spiro atoms. The predicted molar refractivity (Wildman–Crippen MR) is 61.5 cm³/mol. The van der Waals surface area contributed by atoms with Gasteiger partial charge in [0, 0.05) is 11.6 Å². The van der Waals surface area contributed by atoms with E-state index in [1.165, 1.54) is 4.90 Å². The molecule has 1 atom stereocenters. The summed E-state index contributed by atoms with van der Waals surface area (Å²) in [5, 5.41) is 0. The zero-order chi connectivity index (χ0) is 11.9. The summed E-state index contributed by atoms with van der Waals surface area (Å²) in [4.78, 5) is 25.5. The molecule has 84 valence electrons. The summed E-state index contributed by atoms with van der Waals surface area (Å²) in [5.74, 6) is -0.544. The van der Waals surface area contributed by atoms with Crippen LogP contribution in [0.2, 0.25) is 0 Å². The molecule has 0 fully saturated rings. The number of hydrogen-bond acceptors (Lipinski definition) is 2. The number of allylic oxidation sites excluding steroid dienone is 3. The number of carbonyl (C=O) groups excluding carboxylic acids is 2. The lowest BCUT2D eigenvalue weighted by molar-refractivity contribution is -0.147. The van der Waals surface area contributed by atoms with Crippen molar-refractivity contribution in [2.45, 2.75) is 26.8 Å². The summed E-state index contributed by atoms with van der Waals surface area (Å²) in [6.07, 6.45) is 7.42. The van der Waals surface area contributed by atoms with Gasteiger partial charge >= 0.3 is 0 Å². The first-order valence-corrected chi connectivity index (χ1v) is 5.47. The third-order valence-corrected chi connectivity index (χ3v) is 3.02. The van der Waals surface area contributed by atoms with Crippen LogP contribution in [0.4, 0.5) is 0 Å². The molecule has 16 heavy (non-hydrogen) atoms. The van der Waals surface area contributed by atoms with E-state index in [4.69, 9.17) is 0 Å². The number of carbonyl (C=O) groups is 2. The molecule has 0 N–H and O–H groups in total. The molecule has 1 unspecified atom stereocenters. The highest BCUT2D eigenvalue weighted by molar-refractivity contribution is 6.10. The summed E-state index contributed by atoms with van der Waals surface area (Å²) >= 11 is 0. The summed E-state index contributed by atoms with van der Waals surface area (Å²) in [7, 11) is 0. The van der Waals surface area contributed by atoms with Crippen molar-refractivity contribution in [3.63, 3.8) is 0 Å². The van der Waals surface area contributed by atoms with Gasteiger partial charge in [-0.1, -0.05) is 24.3 Å². The van der Waals surface area contributed by atoms with Crippen molar-refractivity contribution in [1.29, 1.82) is 0 Å². The van der Waals surface area contributed by atoms with Crippen molar-refractivity contribution >= 4 is 11.8 Å². The van der Waals surface area contributed by atoms with Gasteiger partial charge in [0.15, 0.2) is 0 Å². The lowest BCUT2D eigenvalue weighted by atomic mass is 9.85. The van der Waals surface area contributed by atoms with E-state index in [0.717, 1.165) is 5.57 Å². The normalized spacial score (nSPS) is 24.5. The molecular weight excluding hydrogens is 202 g/mol. The molecule has 0 saturated heterocycles. The second-order valence-corrected chi connectivity index (χ2v) is 4.41. The maximum atomic E-state index is 12.1. The highest BCUT2D eigenvalue weighted by Gasteiger charge is 2.38. The molecule has 2 rings (SSSR count). The van der Waals surface area contributed by atoms with E-state index in [9.17, 15) is 9.59 Å². The second-order valence-electron chi connectivity index (χ2n) is 4.41. The van der Waals surface area contributed by atoms with Gasteiger partial charge in [-0.15, -0.1) is 0 Å². The summed E-state index contributed by atoms with van der Waals surface area (Å²) in [6.45, 7) is 5.50. The molecule has 0 aromatic rings. The van der Waals surface area contributed by atoms with Gasteiger partial charge in [0.05, 0.1) is 5.92 Å². The number of fused-ring (bicyclic) bond motifs is 1. The Morgan fingerprint density at radius 2 is 1.94 bits per heavy atom. The number of amides is 2. The van der Waals surface area contributed by atoms with Crippen LogP contribution >= 0.6 is 0 Å². The second kappa shape index (κ2) is 3.74. The van der Waals surface area contributed by atoms with Crippen molar-refractivity contribution in [2.75, 3.05) is 0 Å². The smallest absolute Gasteiger partial charge is 0.256 e. The van der Waals surface area contributed by atoms with Crippen LogP contribution in [0.15, 0.2) is 35.5 Å². The van der Waals surface area contributed by atoms with Gasteiger partial charge in [-0.05, 0) is 26.3 Å². The lowest BCUT2D eigenvalue weighted by Gasteiger charge is -2.34. The van der Waals surface area contributed by atoms with Crippen molar-refractivity contribution in [3.8, 4) is 0 Å². The van der Waals surface area contributed by atoms with Crippen LogP contribution in [0.3, 0.4) is 0 Å². The van der Waals surface area contributed by atoms with E-state index in [1.807, 2.05) is 38.2 Å². The van der Waals surface area contributed by atoms with Crippen LogP contribution in [0.5, 0.6) is 0 Å². The van der Waals surface area contributed by atoms with Gasteiger partial charge in [-0.3, -0.25) is 14.5 Å². The molecule has 0 aromatic heterocycles. The minimum absolute atomic E-state index is 0.0872. The van der Waals surface area contributed by atoms with Gasteiger partial charge in [0.1, 0.15) is 0 Å². The molecule has 1 heterocycles. The average Bonchev–Trinajstić information content (AvgIpc) is 2.26. The zero-order valence-corrected chi connectivity index (χ0v) is 9.73. The average molecular weight is 217 g/mol. The predicted octanol–water partition coefficient (Wildman–Crippen LogP) is 1.82. The molecule has 0 aromatic carbocycles. The minimum atomic E-state index is -0.273. The van der Waals surface area contributed by atoms with Crippen molar-refractivity contribution in [3.05, 3.63) is 35.5 Å². The monoisotopic (exact) mass is 217 g/mol. The van der Waals surface area contributed by atoms with Crippen LogP contribution in [0.1, 0.15) is 20.8 Å². The summed E-state index contributed by atoms with van der Waals surface area (Å²) < 4.78 is 0. The van der Waals surface area contributed by atoms with Gasteiger partial charge in [-0.25, -0.2) is 0 Å². The fraction of sp³-hybridized carbons (Fsp3) is 0.385. The Morgan fingerprint density at radius 3 is 2.56 bits per heavy atom. The van der Waals surface area contributed by atoms with Crippen molar-refractivity contribution < 1.29 is 9.59 Å². The zero-order valence-electron chi connectivity index (χ0n) is 9.73. The molecule has 1 aliphatic carbocycles. The number of imide groups is 1. The number of rotatable bonds is 1. The molecule has 2 aliphatic rings. The third-order valence-electron chi connectivity index (χ3n) is 3.02. The Hall–Kier alpha value is -1.64. The highest BCUT2D eigenvalue weighted by Crippen LogP contribution is 2.30. The molecule has 3 heteroatoms. The maximum Gasteiger partial charge on any atom is 0.256 e. The molecule has 0 bridgehead atoms. The molecule has 1 aliphatic heterocycles. The molecule has 0 saturated carbocycles. The van der Waals surface area contributed by atoms with Crippen LogP contribution in [-0.2, 0) is 9.59 Å². The van der Waals surface area contributed by atoms with Gasteiger partial charge in [0.2, 0.25) is 5.91 Å². The van der Waals surface area contributed by atoms with Crippen molar-refractivity contribution in [2.24, 2.45) is 5.92 Å². The van der Waals surface area contributed by atoms with E-state index in [-0.39, 0.29) is 23.8 Å². The first kappa shape index (κ1) is 10.9. The first-order valence-electron chi connectivity index (χ1n) is 5.47. The minimum Gasteiger partial charge on any atom is -0.275 e. The number of hydrogen-bond donors (Lipinski definition) is 0. The Kier molecular flexibility index (Phi) is 2.54. The van der Waals surface area contributed by atoms with Crippen LogP contribution in [-0.4, -0.2) is 22.8 Å². The van der Waals surface area contributed by atoms with Crippen molar-refractivity contribution in [1.82, 2.24) is 4.90 Å². The summed E-state index contributed by atoms with van der Waals surface area (Å²) in [5.41, 5.74) is 1.52. The number of nitrogens with zero attached hydrogens (tertiary/aromatic N) is 1. The molecular formula is C13H15NO2. The van der Waals surface area contributed by atoms with Crippen LogP contribution in [0, 0.1) is 5.92 Å². The van der Waals surface area contributed by atoms with E-state index in [2.05, 4.69) is 0 Å². The molecule has 3 nitrogen and oxygen atoms in total. The van der Waals surface area contributed by atoms with E-state index in [0.29, 0.717) is 5.57 Å². The quantitative estimate of drug-likeness (QED) is 0.628. The van der Waals surface area contributed by atoms with E-state index < -0.39 is 0 Å². The Bertz CT molecular complexity index is 441. The molecule has 2 amide bonds. The standard InChI is InChI=1S/C13H15NO2/c1-8(2)14-12(15)9(3)10-6-4-5-7-11(10)13(14)16/h4-8,11H,1-3H3. The van der Waals surface area contributed by atoms with E-state index in [1.54, 1.807) is 6.92 Å². The lowest BCUT2D eigenvalue weighted by Crippen LogP contribution is -2.49. The van der Waals surface area contributed by atoms with E-state index >= 15 is 0 Å². The first-order chi connectivity index (χ1) is 7.54. The fourth-order valence-electron chi connectivity index (χ4n) is 2.16. The van der Waals surface area contributed by atoms with Gasteiger partial charge < -0.3 is 0 Å². The Morgan fingerprint density at radius 1 is 1.25 bits per heavy atom. The molecule has 0 radical (unpaired) electrons. The van der Waals surface area contributed by atoms with Crippen LogP contribution < -0.4 is 0 Å². The third kappa shape index (κ3) is 1.43. The Balaban J connectivity index is 2.52. The fourth-order valence-corrected chi connectivity index (χ4v) is 2.16. The maximum absolute atomic E-state index is 12.1. The highest BCUT2D eigenvalue weighted by atomic mass is 16.2. The van der Waals surface area contributed by atoms with Gasteiger partial charge in [0.25, 0.3) is 5.91 Å². The largest absolute Gasteiger partial charge is 0.275 e. The van der Waals surface area contributed by atoms with Gasteiger partial charge in [-0.2, -0.15) is 0 Å². The van der Waals surface area contributed by atoms with Crippen LogP contribution in [0.25, 0.3) is 0 Å². The summed E-state index contributed by atoms with van der Waals surface area (Å²) in [6, 6.07) is -0.0872. The SMILES string of the molecule is CC1=C2C=CC=CC2C(=O)N(C(C)C)C1=O.